The van der Waals surface area contributed by atoms with E-state index < -0.39 is 0 Å². The summed E-state index contributed by atoms with van der Waals surface area (Å²) in [7, 11) is 1.39. The molecule has 0 bridgehead atoms. The summed E-state index contributed by atoms with van der Waals surface area (Å²) in [5.41, 5.74) is 3.78. The predicted octanol–water partition coefficient (Wildman–Crippen LogP) is 3.39. The van der Waals surface area contributed by atoms with Crippen molar-refractivity contribution in [2.24, 2.45) is 0 Å². The number of esters is 1. The quantitative estimate of drug-likeness (QED) is 0.653. The summed E-state index contributed by atoms with van der Waals surface area (Å²) in [6.07, 6.45) is 4.05. The molecule has 0 radical (unpaired) electrons. The van der Waals surface area contributed by atoms with E-state index >= 15 is 0 Å². The van der Waals surface area contributed by atoms with Crippen molar-refractivity contribution in [2.45, 2.75) is 0 Å². The number of hydrogen-bond donors (Lipinski definition) is 0. The van der Waals surface area contributed by atoms with Crippen molar-refractivity contribution in [3.05, 3.63) is 66.5 Å². The van der Waals surface area contributed by atoms with E-state index in [0.717, 1.165) is 16.6 Å². The Labute approximate surface area is 111 Å². The molecule has 1 aromatic carbocycles. The molecule has 0 unspecified atom stereocenters. The van der Waals surface area contributed by atoms with Crippen LogP contribution in [0.3, 0.4) is 0 Å². The van der Waals surface area contributed by atoms with Gasteiger partial charge in [-0.3, -0.25) is 0 Å². The monoisotopic (exact) mass is 251 g/mol. The number of rotatable bonds is 2. The molecule has 0 saturated heterocycles. The Hall–Kier alpha value is -2.55. The van der Waals surface area contributed by atoms with Crippen LogP contribution in [0.5, 0.6) is 0 Å². The predicted molar refractivity (Wildman–Crippen MR) is 74.2 cm³/mol. The normalized spacial score (nSPS) is 10.6. The average Bonchev–Trinajstić information content (AvgIpc) is 2.90. The van der Waals surface area contributed by atoms with Gasteiger partial charge in [-0.05, 0) is 35.9 Å². The number of fused-ring (bicyclic) bond motifs is 1. The molecule has 3 rings (SSSR count). The number of methoxy groups -OCH3 is 1. The second kappa shape index (κ2) is 4.61. The molecule has 3 nitrogen and oxygen atoms in total. The first-order valence-corrected chi connectivity index (χ1v) is 6.03. The fourth-order valence-electron chi connectivity index (χ4n) is 2.16. The summed E-state index contributed by atoms with van der Waals surface area (Å²) in [5.74, 6) is -0.314. The van der Waals surface area contributed by atoms with Gasteiger partial charge in [-0.15, -0.1) is 0 Å². The van der Waals surface area contributed by atoms with Gasteiger partial charge in [0.2, 0.25) is 0 Å². The van der Waals surface area contributed by atoms with Crippen LogP contribution in [0.2, 0.25) is 0 Å². The van der Waals surface area contributed by atoms with Crippen molar-refractivity contribution in [1.29, 1.82) is 0 Å². The fourth-order valence-corrected chi connectivity index (χ4v) is 2.16. The first-order valence-electron chi connectivity index (χ1n) is 6.03. The molecule has 0 spiro atoms. The van der Waals surface area contributed by atoms with Gasteiger partial charge in [-0.25, -0.2) is 4.79 Å². The zero-order chi connectivity index (χ0) is 13.2. The highest BCUT2D eigenvalue weighted by atomic mass is 16.5. The molecule has 19 heavy (non-hydrogen) atoms. The summed E-state index contributed by atoms with van der Waals surface area (Å²) in [4.78, 5) is 11.5. The molecule has 0 aliphatic carbocycles. The molecular formula is C16H13NO2. The van der Waals surface area contributed by atoms with Crippen LogP contribution in [0.1, 0.15) is 10.4 Å². The van der Waals surface area contributed by atoms with Gasteiger partial charge in [0.15, 0.2) is 0 Å². The third-order valence-electron chi connectivity index (χ3n) is 3.12. The van der Waals surface area contributed by atoms with Crippen LogP contribution >= 0.6 is 0 Å². The number of ether oxygens (including phenoxy) is 1. The standard InChI is InChI=1S/C16H13NO2/c1-19-16(18)13-6-4-5-12(9-13)14-10-15-7-2-3-8-17(15)11-14/h2-11H,1H3. The summed E-state index contributed by atoms with van der Waals surface area (Å²) in [6, 6.07) is 15.6. The third kappa shape index (κ3) is 2.10. The van der Waals surface area contributed by atoms with Crippen LogP contribution in [-0.4, -0.2) is 17.5 Å². The highest BCUT2D eigenvalue weighted by Gasteiger charge is 2.07. The minimum Gasteiger partial charge on any atom is -0.465 e. The van der Waals surface area contributed by atoms with E-state index in [1.54, 1.807) is 6.07 Å². The zero-order valence-corrected chi connectivity index (χ0v) is 10.5. The second-order valence-corrected chi connectivity index (χ2v) is 4.33. The molecule has 0 aliphatic heterocycles. The molecule has 0 fully saturated rings. The topological polar surface area (TPSA) is 30.7 Å². The molecule has 0 aliphatic rings. The van der Waals surface area contributed by atoms with Crippen molar-refractivity contribution >= 4 is 11.5 Å². The van der Waals surface area contributed by atoms with Gasteiger partial charge in [0.1, 0.15) is 0 Å². The van der Waals surface area contributed by atoms with Crippen molar-refractivity contribution < 1.29 is 9.53 Å². The molecule has 3 heteroatoms. The Balaban J connectivity index is 2.08. The summed E-state index contributed by atoms with van der Waals surface area (Å²) < 4.78 is 6.80. The molecule has 2 aromatic heterocycles. The molecule has 2 heterocycles. The fraction of sp³-hybridized carbons (Fsp3) is 0.0625. The molecule has 94 valence electrons. The number of pyridine rings is 1. The van der Waals surface area contributed by atoms with E-state index in [-0.39, 0.29) is 5.97 Å². The lowest BCUT2D eigenvalue weighted by Gasteiger charge is -2.01. The minimum atomic E-state index is -0.314. The molecule has 0 atom stereocenters. The van der Waals surface area contributed by atoms with Gasteiger partial charge in [-0.1, -0.05) is 18.2 Å². The van der Waals surface area contributed by atoms with Crippen LogP contribution in [0.4, 0.5) is 0 Å². The number of carbonyl (C=O) groups excluding carboxylic acids is 1. The Morgan fingerprint density at radius 2 is 1.95 bits per heavy atom. The van der Waals surface area contributed by atoms with Gasteiger partial charge in [0.05, 0.1) is 12.7 Å². The van der Waals surface area contributed by atoms with Crippen LogP contribution in [0, 0.1) is 0 Å². The molecule has 0 saturated carbocycles. The molecule has 3 aromatic rings. The van der Waals surface area contributed by atoms with E-state index in [1.165, 1.54) is 7.11 Å². The molecule has 0 amide bonds. The van der Waals surface area contributed by atoms with E-state index in [4.69, 9.17) is 4.74 Å². The minimum absolute atomic E-state index is 0.314. The maximum atomic E-state index is 11.5. The Bertz CT molecular complexity index is 710. The maximum absolute atomic E-state index is 11.5. The number of benzene rings is 1. The van der Waals surface area contributed by atoms with Gasteiger partial charge in [-0.2, -0.15) is 0 Å². The number of aromatic nitrogens is 1. The summed E-state index contributed by atoms with van der Waals surface area (Å²) in [5, 5.41) is 0. The summed E-state index contributed by atoms with van der Waals surface area (Å²) in [6.45, 7) is 0. The van der Waals surface area contributed by atoms with Crippen LogP contribution in [0.25, 0.3) is 16.6 Å². The number of nitrogens with zero attached hydrogens (tertiary/aromatic N) is 1. The Morgan fingerprint density at radius 1 is 1.05 bits per heavy atom. The van der Waals surface area contributed by atoms with Crippen LogP contribution < -0.4 is 0 Å². The third-order valence-corrected chi connectivity index (χ3v) is 3.12. The van der Waals surface area contributed by atoms with E-state index in [1.807, 2.05) is 48.8 Å². The summed E-state index contributed by atoms with van der Waals surface area (Å²) >= 11 is 0. The average molecular weight is 251 g/mol. The Kier molecular flexibility index (Phi) is 2.80. The van der Waals surface area contributed by atoms with Crippen LogP contribution in [0.15, 0.2) is 60.9 Å². The SMILES string of the molecule is COC(=O)c1cccc(-c2cc3ccccn3c2)c1. The lowest BCUT2D eigenvalue weighted by molar-refractivity contribution is 0.0601. The largest absolute Gasteiger partial charge is 0.465 e. The van der Waals surface area contributed by atoms with Crippen molar-refractivity contribution in [3.8, 4) is 11.1 Å². The van der Waals surface area contributed by atoms with E-state index in [9.17, 15) is 4.79 Å². The van der Waals surface area contributed by atoms with Gasteiger partial charge >= 0.3 is 5.97 Å². The van der Waals surface area contributed by atoms with Crippen LogP contribution in [-0.2, 0) is 4.74 Å². The highest BCUT2D eigenvalue weighted by Crippen LogP contribution is 2.23. The zero-order valence-electron chi connectivity index (χ0n) is 10.5. The highest BCUT2D eigenvalue weighted by molar-refractivity contribution is 5.91. The number of carbonyl (C=O) groups is 1. The number of hydrogen-bond acceptors (Lipinski definition) is 2. The maximum Gasteiger partial charge on any atom is 0.337 e. The van der Waals surface area contributed by atoms with E-state index in [0.29, 0.717) is 5.56 Å². The van der Waals surface area contributed by atoms with E-state index in [2.05, 4.69) is 10.5 Å². The molecular weight excluding hydrogens is 238 g/mol. The van der Waals surface area contributed by atoms with Crippen molar-refractivity contribution in [2.75, 3.05) is 7.11 Å². The van der Waals surface area contributed by atoms with Gasteiger partial charge in [0.25, 0.3) is 0 Å². The molecule has 0 N–H and O–H groups in total. The first-order chi connectivity index (χ1) is 9.28. The first kappa shape index (κ1) is 11.5. The van der Waals surface area contributed by atoms with Crippen molar-refractivity contribution in [1.82, 2.24) is 4.40 Å². The smallest absolute Gasteiger partial charge is 0.337 e. The Morgan fingerprint density at radius 3 is 2.74 bits per heavy atom. The van der Waals surface area contributed by atoms with Gasteiger partial charge in [0, 0.05) is 23.5 Å². The van der Waals surface area contributed by atoms with Crippen molar-refractivity contribution in [3.63, 3.8) is 0 Å². The second-order valence-electron chi connectivity index (χ2n) is 4.33. The van der Waals surface area contributed by atoms with Gasteiger partial charge < -0.3 is 9.14 Å². The lowest BCUT2D eigenvalue weighted by Crippen LogP contribution is -2.00. The lowest BCUT2D eigenvalue weighted by atomic mass is 10.1.